The molecule has 2 heterocycles. The minimum absolute atomic E-state index is 0.345. The lowest BCUT2D eigenvalue weighted by molar-refractivity contribution is 0.174. The fourth-order valence-corrected chi connectivity index (χ4v) is 4.26. The first kappa shape index (κ1) is 11.7. The molecule has 88 valence electrons. The van der Waals surface area contributed by atoms with Crippen LogP contribution in [0.2, 0.25) is 0 Å². The first-order chi connectivity index (χ1) is 7.05. The molecule has 0 aromatic heterocycles. The molecule has 0 atom stereocenters. The lowest BCUT2D eigenvalue weighted by atomic mass is 10.00. The van der Waals surface area contributed by atoms with Gasteiger partial charge in [-0.1, -0.05) is 6.92 Å². The number of thioether (sulfide) groups is 1. The van der Waals surface area contributed by atoms with E-state index in [9.17, 15) is 0 Å². The summed E-state index contributed by atoms with van der Waals surface area (Å²) in [5.74, 6) is 1.26. The van der Waals surface area contributed by atoms with E-state index in [1.165, 1.54) is 44.6 Å². The van der Waals surface area contributed by atoms with Crippen molar-refractivity contribution in [2.45, 2.75) is 50.4 Å². The average molecular weight is 228 g/mol. The largest absolute Gasteiger partial charge is 0.303 e. The number of likely N-dealkylation sites (tertiary alicyclic amines) is 1. The van der Waals surface area contributed by atoms with Gasteiger partial charge in [-0.05, 0) is 39.7 Å². The van der Waals surface area contributed by atoms with Gasteiger partial charge < -0.3 is 4.90 Å². The zero-order valence-electron chi connectivity index (χ0n) is 10.3. The third kappa shape index (κ3) is 2.69. The number of hydrogen-bond acceptors (Lipinski definition) is 3. The molecular formula is C12H24N2S. The molecule has 3 heteroatoms. The number of nitrogens with zero attached hydrogens (tertiary/aromatic N) is 1. The summed E-state index contributed by atoms with van der Waals surface area (Å²) in [5.41, 5.74) is 0.345. The van der Waals surface area contributed by atoms with Crippen LogP contribution in [0, 0.1) is 0 Å². The second-order valence-corrected chi connectivity index (χ2v) is 6.99. The molecule has 0 radical (unpaired) electrons. The molecule has 0 amide bonds. The summed E-state index contributed by atoms with van der Waals surface area (Å²) in [7, 11) is 0. The van der Waals surface area contributed by atoms with E-state index in [1.54, 1.807) is 0 Å². The van der Waals surface area contributed by atoms with E-state index in [-0.39, 0.29) is 0 Å². The van der Waals surface area contributed by atoms with Crippen LogP contribution in [0.3, 0.4) is 0 Å². The molecular weight excluding hydrogens is 204 g/mol. The lowest BCUT2D eigenvalue weighted by Crippen LogP contribution is -2.53. The van der Waals surface area contributed by atoms with E-state index in [1.807, 2.05) is 0 Å². The van der Waals surface area contributed by atoms with E-state index >= 15 is 0 Å². The topological polar surface area (TPSA) is 15.3 Å². The van der Waals surface area contributed by atoms with Gasteiger partial charge in [-0.3, -0.25) is 5.32 Å². The van der Waals surface area contributed by atoms with Crippen LogP contribution in [0.15, 0.2) is 0 Å². The molecule has 0 aromatic rings. The van der Waals surface area contributed by atoms with Crippen LogP contribution < -0.4 is 5.32 Å². The zero-order valence-corrected chi connectivity index (χ0v) is 11.1. The summed E-state index contributed by atoms with van der Waals surface area (Å²) < 4.78 is 0. The van der Waals surface area contributed by atoms with Crippen LogP contribution in [0.5, 0.6) is 0 Å². The SMILES string of the molecule is CCCN1CCC2(CC1)NC(C)(C)CS2. The molecule has 0 aliphatic carbocycles. The molecule has 2 aliphatic rings. The summed E-state index contributed by atoms with van der Waals surface area (Å²) in [6, 6.07) is 0. The number of rotatable bonds is 2. The molecule has 2 saturated heterocycles. The van der Waals surface area contributed by atoms with Gasteiger partial charge in [0.1, 0.15) is 0 Å². The quantitative estimate of drug-likeness (QED) is 0.781. The number of nitrogens with one attached hydrogen (secondary N) is 1. The van der Waals surface area contributed by atoms with Crippen LogP contribution in [-0.2, 0) is 0 Å². The molecule has 1 spiro atoms. The van der Waals surface area contributed by atoms with Crippen LogP contribution in [0.1, 0.15) is 40.0 Å². The van der Waals surface area contributed by atoms with Gasteiger partial charge in [0.25, 0.3) is 0 Å². The van der Waals surface area contributed by atoms with Gasteiger partial charge in [-0.25, -0.2) is 0 Å². The highest BCUT2D eigenvalue weighted by Gasteiger charge is 2.44. The van der Waals surface area contributed by atoms with E-state index in [0.29, 0.717) is 10.4 Å². The highest BCUT2D eigenvalue weighted by Crippen LogP contribution is 2.42. The van der Waals surface area contributed by atoms with Crippen LogP contribution in [-0.4, -0.2) is 40.7 Å². The third-order valence-electron chi connectivity index (χ3n) is 3.48. The maximum atomic E-state index is 3.84. The van der Waals surface area contributed by atoms with E-state index in [4.69, 9.17) is 0 Å². The Morgan fingerprint density at radius 2 is 1.93 bits per heavy atom. The Bertz CT molecular complexity index is 220. The maximum Gasteiger partial charge on any atom is 0.0674 e. The smallest absolute Gasteiger partial charge is 0.0674 e. The molecule has 15 heavy (non-hydrogen) atoms. The van der Waals surface area contributed by atoms with Gasteiger partial charge in [-0.15, -0.1) is 11.8 Å². The minimum atomic E-state index is 0.345. The molecule has 0 unspecified atom stereocenters. The summed E-state index contributed by atoms with van der Waals surface area (Å²) in [6.45, 7) is 10.8. The Kier molecular flexibility index (Phi) is 3.34. The van der Waals surface area contributed by atoms with Crippen molar-refractivity contribution in [3.8, 4) is 0 Å². The van der Waals surface area contributed by atoms with Crippen molar-refractivity contribution >= 4 is 11.8 Å². The fourth-order valence-electron chi connectivity index (χ4n) is 2.73. The van der Waals surface area contributed by atoms with Crippen LogP contribution in [0.4, 0.5) is 0 Å². The predicted octanol–water partition coefficient (Wildman–Crippen LogP) is 2.30. The first-order valence-corrected chi connectivity index (χ1v) is 7.19. The van der Waals surface area contributed by atoms with E-state index in [2.05, 4.69) is 42.7 Å². The van der Waals surface area contributed by atoms with Gasteiger partial charge >= 0.3 is 0 Å². The fraction of sp³-hybridized carbons (Fsp3) is 1.00. The molecule has 0 saturated carbocycles. The Labute approximate surface area is 98.2 Å². The van der Waals surface area contributed by atoms with Crippen molar-refractivity contribution in [1.29, 1.82) is 0 Å². The zero-order chi connectivity index (χ0) is 10.9. The third-order valence-corrected chi connectivity index (χ3v) is 5.41. The normalized spacial score (nSPS) is 29.8. The second-order valence-electron chi connectivity index (χ2n) is 5.63. The lowest BCUT2D eigenvalue weighted by Gasteiger charge is -2.40. The maximum absolute atomic E-state index is 3.84. The average Bonchev–Trinajstić information content (AvgIpc) is 2.47. The van der Waals surface area contributed by atoms with Crippen molar-refractivity contribution in [3.63, 3.8) is 0 Å². The summed E-state index contributed by atoms with van der Waals surface area (Å²) in [5, 5.41) is 3.84. The van der Waals surface area contributed by atoms with E-state index < -0.39 is 0 Å². The summed E-state index contributed by atoms with van der Waals surface area (Å²) in [4.78, 5) is 3.02. The predicted molar refractivity (Wildman–Crippen MR) is 68.4 cm³/mol. The highest BCUT2D eigenvalue weighted by atomic mass is 32.2. The molecule has 2 fully saturated rings. The number of hydrogen-bond donors (Lipinski definition) is 1. The van der Waals surface area contributed by atoms with E-state index in [0.717, 1.165) is 0 Å². The van der Waals surface area contributed by atoms with Crippen molar-refractivity contribution < 1.29 is 0 Å². The first-order valence-electron chi connectivity index (χ1n) is 6.21. The van der Waals surface area contributed by atoms with Crippen molar-refractivity contribution in [2.75, 3.05) is 25.4 Å². The van der Waals surface area contributed by atoms with Gasteiger partial charge in [-0.2, -0.15) is 0 Å². The Morgan fingerprint density at radius 1 is 1.27 bits per heavy atom. The van der Waals surface area contributed by atoms with Crippen LogP contribution >= 0.6 is 11.8 Å². The van der Waals surface area contributed by atoms with Crippen molar-refractivity contribution in [1.82, 2.24) is 10.2 Å². The monoisotopic (exact) mass is 228 g/mol. The second kappa shape index (κ2) is 4.27. The number of piperidine rings is 1. The van der Waals surface area contributed by atoms with Gasteiger partial charge in [0.2, 0.25) is 0 Å². The van der Waals surface area contributed by atoms with Crippen molar-refractivity contribution in [2.24, 2.45) is 0 Å². The van der Waals surface area contributed by atoms with Crippen molar-refractivity contribution in [3.05, 3.63) is 0 Å². The molecule has 2 nitrogen and oxygen atoms in total. The molecule has 1 N–H and O–H groups in total. The molecule has 0 bridgehead atoms. The van der Waals surface area contributed by atoms with Gasteiger partial charge in [0.15, 0.2) is 0 Å². The molecule has 2 rings (SSSR count). The van der Waals surface area contributed by atoms with Gasteiger partial charge in [0.05, 0.1) is 4.87 Å². The minimum Gasteiger partial charge on any atom is -0.303 e. The molecule has 0 aromatic carbocycles. The molecule has 2 aliphatic heterocycles. The Morgan fingerprint density at radius 3 is 2.40 bits per heavy atom. The van der Waals surface area contributed by atoms with Gasteiger partial charge in [0, 0.05) is 24.4 Å². The Hall–Kier alpha value is 0.270. The Balaban J connectivity index is 1.88. The van der Waals surface area contributed by atoms with Crippen LogP contribution in [0.25, 0.3) is 0 Å². The summed E-state index contributed by atoms with van der Waals surface area (Å²) in [6.07, 6.45) is 3.93. The standard InChI is InChI=1S/C12H24N2S/c1-4-7-14-8-5-12(6-9-14)13-11(2,3)10-15-12/h13H,4-10H2,1-3H3. The summed E-state index contributed by atoms with van der Waals surface area (Å²) >= 11 is 2.15. The highest BCUT2D eigenvalue weighted by molar-refractivity contribution is 8.01.